The van der Waals surface area contributed by atoms with Crippen LogP contribution in [0.4, 0.5) is 20.2 Å². The lowest BCUT2D eigenvalue weighted by Gasteiger charge is -2.11. The van der Waals surface area contributed by atoms with Gasteiger partial charge in [-0.05, 0) is 30.3 Å². The monoisotopic (exact) mass is 396 g/mol. The fourth-order valence-corrected chi connectivity index (χ4v) is 3.71. The van der Waals surface area contributed by atoms with Crippen LogP contribution in [0.25, 0.3) is 0 Å². The van der Waals surface area contributed by atoms with Crippen LogP contribution in [0.1, 0.15) is 0 Å². The van der Waals surface area contributed by atoms with Crippen LogP contribution in [0.15, 0.2) is 41.3 Å². The lowest BCUT2D eigenvalue weighted by molar-refractivity contribution is 0.568. The van der Waals surface area contributed by atoms with E-state index < -0.39 is 36.6 Å². The van der Waals surface area contributed by atoms with Crippen LogP contribution in [-0.4, -0.2) is 23.1 Å². The van der Waals surface area contributed by atoms with Gasteiger partial charge in [-0.25, -0.2) is 25.6 Å². The minimum Gasteiger partial charge on any atom is -0.282 e. The van der Waals surface area contributed by atoms with Gasteiger partial charge in [0.1, 0.15) is 11.6 Å². The highest BCUT2D eigenvalue weighted by Crippen LogP contribution is 2.27. The minimum atomic E-state index is -4.25. The Bertz CT molecular complexity index is 975. The summed E-state index contributed by atoms with van der Waals surface area (Å²) in [4.78, 5) is -0.602. The van der Waals surface area contributed by atoms with Gasteiger partial charge < -0.3 is 0 Å². The zero-order chi connectivity index (χ0) is 18.1. The maximum atomic E-state index is 13.2. The topological polar surface area (TPSA) is 92.3 Å². The van der Waals surface area contributed by atoms with Gasteiger partial charge in [0.2, 0.25) is 10.0 Å². The van der Waals surface area contributed by atoms with Crippen LogP contribution in [0, 0.1) is 11.6 Å². The first-order chi connectivity index (χ1) is 11.0. The van der Waals surface area contributed by atoms with Crippen LogP contribution in [-0.2, 0) is 20.0 Å². The third kappa shape index (κ3) is 4.79. The molecule has 2 rings (SSSR count). The van der Waals surface area contributed by atoms with Crippen molar-refractivity contribution in [2.75, 3.05) is 15.7 Å². The predicted molar refractivity (Wildman–Crippen MR) is 87.1 cm³/mol. The highest BCUT2D eigenvalue weighted by Gasteiger charge is 2.17. The summed E-state index contributed by atoms with van der Waals surface area (Å²) in [6.07, 6.45) is 0.929. The zero-order valence-electron chi connectivity index (χ0n) is 12.0. The number of rotatable bonds is 5. The van der Waals surface area contributed by atoms with Crippen molar-refractivity contribution in [3.8, 4) is 0 Å². The molecule has 2 aromatic carbocycles. The second-order valence-corrected chi connectivity index (χ2v) is 8.62. The van der Waals surface area contributed by atoms with Crippen LogP contribution in [0.3, 0.4) is 0 Å². The van der Waals surface area contributed by atoms with Crippen molar-refractivity contribution in [1.29, 1.82) is 0 Å². The molecule has 11 heteroatoms. The molecule has 0 amide bonds. The molecular weight excluding hydrogens is 386 g/mol. The normalized spacial score (nSPS) is 12.0. The van der Waals surface area contributed by atoms with Gasteiger partial charge in [-0.1, -0.05) is 11.6 Å². The maximum Gasteiger partial charge on any atom is 0.262 e. The maximum absolute atomic E-state index is 13.2. The molecule has 0 spiro atoms. The van der Waals surface area contributed by atoms with E-state index >= 15 is 0 Å². The smallest absolute Gasteiger partial charge is 0.262 e. The Morgan fingerprint density at radius 2 is 1.50 bits per heavy atom. The Kier molecular flexibility index (Phi) is 5.02. The van der Waals surface area contributed by atoms with Crippen LogP contribution in [0.5, 0.6) is 0 Å². The minimum absolute atomic E-state index is 0.0104. The molecule has 2 aromatic rings. The summed E-state index contributed by atoms with van der Waals surface area (Å²) < 4.78 is 77.1. The Morgan fingerprint density at radius 3 is 2.00 bits per heavy atom. The van der Waals surface area contributed by atoms with Crippen molar-refractivity contribution in [3.63, 3.8) is 0 Å². The second kappa shape index (κ2) is 6.54. The lowest BCUT2D eigenvalue weighted by Crippen LogP contribution is -2.14. The SMILES string of the molecule is CS(=O)(=O)Nc1ccc(NS(=O)(=O)c2cc(F)cc(F)c2)cc1Cl. The van der Waals surface area contributed by atoms with E-state index in [0.717, 1.165) is 12.3 Å². The zero-order valence-corrected chi connectivity index (χ0v) is 14.4. The highest BCUT2D eigenvalue weighted by molar-refractivity contribution is 7.92. The molecule has 0 fully saturated rings. The van der Waals surface area contributed by atoms with Gasteiger partial charge in [0.05, 0.1) is 27.5 Å². The van der Waals surface area contributed by atoms with Crippen LogP contribution < -0.4 is 9.44 Å². The molecule has 0 aliphatic carbocycles. The standard InChI is InChI=1S/C13H11ClF2N2O4S2/c1-23(19,20)18-13-3-2-10(7-12(13)14)17-24(21,22)11-5-8(15)4-9(16)6-11/h2-7,17-18H,1H3. The van der Waals surface area contributed by atoms with E-state index in [9.17, 15) is 25.6 Å². The molecule has 0 aliphatic heterocycles. The van der Waals surface area contributed by atoms with E-state index in [1.807, 2.05) is 0 Å². The molecule has 0 unspecified atom stereocenters. The number of hydrogen-bond donors (Lipinski definition) is 2. The molecule has 0 aromatic heterocycles. The van der Waals surface area contributed by atoms with E-state index in [0.29, 0.717) is 18.2 Å². The Morgan fingerprint density at radius 1 is 0.917 bits per heavy atom. The Hall–Kier alpha value is -1.91. The van der Waals surface area contributed by atoms with E-state index in [2.05, 4.69) is 9.44 Å². The van der Waals surface area contributed by atoms with Crippen molar-refractivity contribution >= 4 is 43.0 Å². The number of hydrogen-bond acceptors (Lipinski definition) is 4. The number of nitrogens with one attached hydrogen (secondary N) is 2. The van der Waals surface area contributed by atoms with Gasteiger partial charge in [-0.15, -0.1) is 0 Å². The van der Waals surface area contributed by atoms with Gasteiger partial charge in [-0.3, -0.25) is 9.44 Å². The molecule has 0 saturated heterocycles. The summed E-state index contributed by atoms with van der Waals surface area (Å²) in [6, 6.07) is 5.50. The third-order valence-corrected chi connectivity index (χ3v) is 4.93. The van der Waals surface area contributed by atoms with Gasteiger partial charge in [0.25, 0.3) is 10.0 Å². The van der Waals surface area contributed by atoms with E-state index in [-0.39, 0.29) is 16.4 Å². The van der Waals surface area contributed by atoms with Gasteiger partial charge in [-0.2, -0.15) is 0 Å². The summed E-state index contributed by atoms with van der Waals surface area (Å²) >= 11 is 5.88. The van der Waals surface area contributed by atoms with E-state index in [1.165, 1.54) is 12.1 Å². The largest absolute Gasteiger partial charge is 0.282 e. The predicted octanol–water partition coefficient (Wildman–Crippen LogP) is 2.79. The van der Waals surface area contributed by atoms with Crippen molar-refractivity contribution in [1.82, 2.24) is 0 Å². The van der Waals surface area contributed by atoms with Crippen LogP contribution >= 0.6 is 11.6 Å². The fourth-order valence-electron chi connectivity index (χ4n) is 1.76. The number of halogens is 3. The van der Waals surface area contributed by atoms with Crippen LogP contribution in [0.2, 0.25) is 5.02 Å². The molecule has 130 valence electrons. The number of sulfonamides is 2. The molecular formula is C13H11ClF2N2O4S2. The summed E-state index contributed by atoms with van der Waals surface area (Å²) in [5.41, 5.74) is 0.0441. The molecule has 0 aliphatic rings. The van der Waals surface area contributed by atoms with Crippen molar-refractivity contribution in [3.05, 3.63) is 53.1 Å². The average molecular weight is 397 g/mol. The quantitative estimate of drug-likeness (QED) is 0.812. The molecule has 24 heavy (non-hydrogen) atoms. The molecule has 2 N–H and O–H groups in total. The Balaban J connectivity index is 2.32. The fraction of sp³-hybridized carbons (Fsp3) is 0.0769. The van der Waals surface area contributed by atoms with E-state index in [4.69, 9.17) is 11.6 Å². The molecule has 0 heterocycles. The first kappa shape index (κ1) is 18.4. The van der Waals surface area contributed by atoms with Crippen molar-refractivity contribution < 1.29 is 25.6 Å². The second-order valence-electron chi connectivity index (χ2n) is 4.78. The third-order valence-electron chi connectivity index (χ3n) is 2.66. The van der Waals surface area contributed by atoms with E-state index in [1.54, 1.807) is 0 Å². The summed E-state index contributed by atoms with van der Waals surface area (Å²) in [5.74, 6) is -2.08. The van der Waals surface area contributed by atoms with Crippen molar-refractivity contribution in [2.24, 2.45) is 0 Å². The summed E-state index contributed by atoms with van der Waals surface area (Å²) in [7, 11) is -7.81. The van der Waals surface area contributed by atoms with Gasteiger partial charge in [0.15, 0.2) is 0 Å². The molecule has 6 nitrogen and oxygen atoms in total. The van der Waals surface area contributed by atoms with Crippen molar-refractivity contribution in [2.45, 2.75) is 4.90 Å². The molecule has 0 radical (unpaired) electrons. The Labute approximate surface area is 142 Å². The molecule has 0 bridgehead atoms. The highest BCUT2D eigenvalue weighted by atomic mass is 35.5. The molecule has 0 atom stereocenters. The summed E-state index contributed by atoms with van der Waals surface area (Å²) in [5, 5.41) is -0.0638. The first-order valence-electron chi connectivity index (χ1n) is 6.22. The number of benzene rings is 2. The summed E-state index contributed by atoms with van der Waals surface area (Å²) in [6.45, 7) is 0. The average Bonchev–Trinajstić information content (AvgIpc) is 2.39. The number of anilines is 2. The van der Waals surface area contributed by atoms with Gasteiger partial charge >= 0.3 is 0 Å². The lowest BCUT2D eigenvalue weighted by atomic mass is 10.3. The van der Waals surface area contributed by atoms with Gasteiger partial charge in [0, 0.05) is 6.07 Å². The first-order valence-corrected chi connectivity index (χ1v) is 9.98. The molecule has 0 saturated carbocycles.